The van der Waals surface area contributed by atoms with Gasteiger partial charge in [0, 0.05) is 17.8 Å². The SMILES string of the molecule is O=C(/C=C/c1ccc(F)cc1)Nc1ccc(F)c(F)c1. The lowest BCUT2D eigenvalue weighted by atomic mass is 10.2. The molecule has 0 radical (unpaired) electrons. The van der Waals surface area contributed by atoms with E-state index in [2.05, 4.69) is 5.32 Å². The predicted octanol–water partition coefficient (Wildman–Crippen LogP) is 3.76. The molecule has 0 fully saturated rings. The van der Waals surface area contributed by atoms with Gasteiger partial charge in [0.2, 0.25) is 5.91 Å². The summed E-state index contributed by atoms with van der Waals surface area (Å²) < 4.78 is 38.3. The van der Waals surface area contributed by atoms with Gasteiger partial charge in [0.25, 0.3) is 0 Å². The van der Waals surface area contributed by atoms with E-state index in [0.717, 1.165) is 12.1 Å². The molecule has 0 aliphatic rings. The molecular weight excluding hydrogens is 267 g/mol. The van der Waals surface area contributed by atoms with E-state index >= 15 is 0 Å². The fourth-order valence-electron chi connectivity index (χ4n) is 1.50. The van der Waals surface area contributed by atoms with Crippen LogP contribution in [0.1, 0.15) is 5.56 Å². The van der Waals surface area contributed by atoms with Gasteiger partial charge in [0.1, 0.15) is 5.82 Å². The van der Waals surface area contributed by atoms with Crippen LogP contribution in [0, 0.1) is 17.5 Å². The number of carbonyl (C=O) groups is 1. The van der Waals surface area contributed by atoms with Gasteiger partial charge in [-0.25, -0.2) is 13.2 Å². The molecule has 0 spiro atoms. The molecular formula is C15H10F3NO. The van der Waals surface area contributed by atoms with Crippen LogP contribution in [0.25, 0.3) is 6.08 Å². The van der Waals surface area contributed by atoms with Crippen molar-refractivity contribution in [3.05, 3.63) is 71.6 Å². The van der Waals surface area contributed by atoms with E-state index in [9.17, 15) is 18.0 Å². The van der Waals surface area contributed by atoms with E-state index in [0.29, 0.717) is 5.56 Å². The molecule has 20 heavy (non-hydrogen) atoms. The second-order valence-electron chi connectivity index (χ2n) is 4.00. The maximum atomic E-state index is 12.9. The first kappa shape index (κ1) is 13.9. The Kier molecular flexibility index (Phi) is 4.20. The second kappa shape index (κ2) is 6.06. The minimum Gasteiger partial charge on any atom is -0.322 e. The maximum absolute atomic E-state index is 12.9. The number of hydrogen-bond donors (Lipinski definition) is 1. The van der Waals surface area contributed by atoms with Crippen LogP contribution in [0.2, 0.25) is 0 Å². The molecule has 0 aliphatic carbocycles. The fourth-order valence-corrected chi connectivity index (χ4v) is 1.50. The fraction of sp³-hybridized carbons (Fsp3) is 0. The molecule has 0 aliphatic heterocycles. The Morgan fingerprint density at radius 2 is 1.65 bits per heavy atom. The molecule has 0 atom stereocenters. The van der Waals surface area contributed by atoms with Crippen molar-refractivity contribution in [2.24, 2.45) is 0 Å². The molecule has 0 unspecified atom stereocenters. The van der Waals surface area contributed by atoms with E-state index in [4.69, 9.17) is 0 Å². The highest BCUT2D eigenvalue weighted by molar-refractivity contribution is 6.01. The first-order valence-electron chi connectivity index (χ1n) is 5.74. The van der Waals surface area contributed by atoms with Gasteiger partial charge in [-0.1, -0.05) is 12.1 Å². The maximum Gasteiger partial charge on any atom is 0.248 e. The van der Waals surface area contributed by atoms with Crippen LogP contribution in [0.3, 0.4) is 0 Å². The molecule has 2 aromatic rings. The smallest absolute Gasteiger partial charge is 0.248 e. The van der Waals surface area contributed by atoms with Gasteiger partial charge >= 0.3 is 0 Å². The van der Waals surface area contributed by atoms with Crippen LogP contribution in [0.5, 0.6) is 0 Å². The first-order valence-corrected chi connectivity index (χ1v) is 5.74. The zero-order valence-electron chi connectivity index (χ0n) is 10.2. The van der Waals surface area contributed by atoms with Gasteiger partial charge < -0.3 is 5.32 Å². The summed E-state index contributed by atoms with van der Waals surface area (Å²) in [7, 11) is 0. The quantitative estimate of drug-likeness (QED) is 0.850. The van der Waals surface area contributed by atoms with E-state index < -0.39 is 17.5 Å². The van der Waals surface area contributed by atoms with Crippen LogP contribution in [-0.2, 0) is 4.79 Å². The Hall–Kier alpha value is -2.56. The average molecular weight is 277 g/mol. The molecule has 2 aromatic carbocycles. The van der Waals surface area contributed by atoms with Crippen molar-refractivity contribution in [3.63, 3.8) is 0 Å². The van der Waals surface area contributed by atoms with E-state index in [1.807, 2.05) is 0 Å². The third-order valence-electron chi connectivity index (χ3n) is 2.48. The molecule has 0 saturated carbocycles. The Bertz CT molecular complexity index is 651. The van der Waals surface area contributed by atoms with Crippen molar-refractivity contribution in [2.45, 2.75) is 0 Å². The minimum atomic E-state index is -1.04. The summed E-state index contributed by atoms with van der Waals surface area (Å²) in [5.41, 5.74) is 0.796. The standard InChI is InChI=1S/C15H10F3NO/c16-11-4-1-10(2-5-11)3-8-15(20)19-12-6-7-13(17)14(18)9-12/h1-9H,(H,19,20)/b8-3+. The minimum absolute atomic E-state index is 0.151. The van der Waals surface area contributed by atoms with Gasteiger partial charge in [0.05, 0.1) is 0 Å². The monoisotopic (exact) mass is 277 g/mol. The van der Waals surface area contributed by atoms with Crippen molar-refractivity contribution in [1.82, 2.24) is 0 Å². The number of halogens is 3. The Labute approximate surface area is 113 Å². The number of hydrogen-bond acceptors (Lipinski definition) is 1. The highest BCUT2D eigenvalue weighted by atomic mass is 19.2. The molecule has 0 saturated heterocycles. The van der Waals surface area contributed by atoms with Gasteiger partial charge in [-0.05, 0) is 35.9 Å². The van der Waals surface area contributed by atoms with Crippen molar-refractivity contribution >= 4 is 17.7 Å². The Morgan fingerprint density at radius 1 is 0.950 bits per heavy atom. The van der Waals surface area contributed by atoms with Crippen LogP contribution >= 0.6 is 0 Å². The number of rotatable bonds is 3. The second-order valence-corrected chi connectivity index (χ2v) is 4.00. The summed E-state index contributed by atoms with van der Waals surface area (Å²) >= 11 is 0. The van der Waals surface area contributed by atoms with Crippen LogP contribution in [-0.4, -0.2) is 5.91 Å². The number of nitrogens with one attached hydrogen (secondary N) is 1. The summed E-state index contributed by atoms with van der Waals surface area (Å²) in [5, 5.41) is 2.39. The molecule has 0 bridgehead atoms. The third-order valence-corrected chi connectivity index (χ3v) is 2.48. The van der Waals surface area contributed by atoms with Crippen LogP contribution < -0.4 is 5.32 Å². The molecule has 0 aromatic heterocycles. The predicted molar refractivity (Wildman–Crippen MR) is 70.4 cm³/mol. The van der Waals surface area contributed by atoms with E-state index in [-0.39, 0.29) is 11.5 Å². The lowest BCUT2D eigenvalue weighted by Crippen LogP contribution is -2.08. The zero-order chi connectivity index (χ0) is 14.5. The van der Waals surface area contributed by atoms with Gasteiger partial charge in [-0.3, -0.25) is 4.79 Å². The lowest BCUT2D eigenvalue weighted by Gasteiger charge is -2.02. The van der Waals surface area contributed by atoms with Gasteiger partial charge in [-0.15, -0.1) is 0 Å². The van der Waals surface area contributed by atoms with Gasteiger partial charge in [0.15, 0.2) is 11.6 Å². The molecule has 0 heterocycles. The van der Waals surface area contributed by atoms with Crippen molar-refractivity contribution in [2.75, 3.05) is 5.32 Å². The summed E-state index contributed by atoms with van der Waals surface area (Å²) in [6.45, 7) is 0. The van der Waals surface area contributed by atoms with Gasteiger partial charge in [-0.2, -0.15) is 0 Å². The normalized spacial score (nSPS) is 10.8. The summed E-state index contributed by atoms with van der Waals surface area (Å²) in [5.74, 6) is -2.89. The Balaban J connectivity index is 2.01. The average Bonchev–Trinajstić information content (AvgIpc) is 2.42. The lowest BCUT2D eigenvalue weighted by molar-refractivity contribution is -0.111. The highest BCUT2D eigenvalue weighted by Crippen LogP contribution is 2.13. The topological polar surface area (TPSA) is 29.1 Å². The molecule has 1 amide bonds. The number of carbonyl (C=O) groups excluding carboxylic acids is 1. The van der Waals surface area contributed by atoms with Crippen molar-refractivity contribution < 1.29 is 18.0 Å². The zero-order valence-corrected chi connectivity index (χ0v) is 10.2. The molecule has 2 nitrogen and oxygen atoms in total. The van der Waals surface area contributed by atoms with Crippen molar-refractivity contribution in [1.29, 1.82) is 0 Å². The Morgan fingerprint density at radius 3 is 2.30 bits per heavy atom. The van der Waals surface area contributed by atoms with Crippen LogP contribution in [0.4, 0.5) is 18.9 Å². The number of anilines is 1. The first-order chi connectivity index (χ1) is 9.54. The number of amides is 1. The summed E-state index contributed by atoms with van der Waals surface area (Å²) in [6.07, 6.45) is 2.70. The van der Waals surface area contributed by atoms with E-state index in [1.165, 1.54) is 42.5 Å². The summed E-state index contributed by atoms with van der Waals surface area (Å²) in [4.78, 5) is 11.6. The van der Waals surface area contributed by atoms with Crippen molar-refractivity contribution in [3.8, 4) is 0 Å². The largest absolute Gasteiger partial charge is 0.322 e. The molecule has 1 N–H and O–H groups in total. The molecule has 102 valence electrons. The van der Waals surface area contributed by atoms with E-state index in [1.54, 1.807) is 0 Å². The van der Waals surface area contributed by atoms with Crippen LogP contribution in [0.15, 0.2) is 48.5 Å². The third kappa shape index (κ3) is 3.71. The molecule has 5 heteroatoms. The number of benzene rings is 2. The molecule has 2 rings (SSSR count). The summed E-state index contributed by atoms with van der Waals surface area (Å²) in [6, 6.07) is 8.63. The highest BCUT2D eigenvalue weighted by Gasteiger charge is 2.04.